The van der Waals surface area contributed by atoms with Crippen LogP contribution < -0.4 is 16.2 Å². The Bertz CT molecular complexity index is 2690. The van der Waals surface area contributed by atoms with Crippen molar-refractivity contribution in [3.63, 3.8) is 0 Å². The molecule has 0 radical (unpaired) electrons. The van der Waals surface area contributed by atoms with Crippen LogP contribution in [0.3, 0.4) is 0 Å². The molecule has 1 unspecified atom stereocenters. The van der Waals surface area contributed by atoms with Gasteiger partial charge in [-0.1, -0.05) is 58.7 Å². The number of ether oxygens (including phenoxy) is 2. The van der Waals surface area contributed by atoms with Crippen molar-refractivity contribution in [3.8, 4) is 11.1 Å². The molecule has 16 heteroatoms. The molecule has 66 heavy (non-hydrogen) atoms. The van der Waals surface area contributed by atoms with E-state index in [1.807, 2.05) is 57.1 Å². The first kappa shape index (κ1) is 44.9. The number of carbonyl (C=O) groups excluding carboxylic acids is 4. The van der Waals surface area contributed by atoms with E-state index in [0.717, 1.165) is 60.2 Å². The van der Waals surface area contributed by atoms with Crippen molar-refractivity contribution in [3.05, 3.63) is 87.1 Å². The highest BCUT2D eigenvalue weighted by atomic mass is 16.5. The first-order valence-corrected chi connectivity index (χ1v) is 23.6. The van der Waals surface area contributed by atoms with Crippen molar-refractivity contribution >= 4 is 46.2 Å². The lowest BCUT2D eigenvalue weighted by atomic mass is 9.82. The summed E-state index contributed by atoms with van der Waals surface area (Å²) in [5.74, 6) is 0.482. The quantitative estimate of drug-likeness (QED) is 0.119. The fraction of sp³-hybridized carbons (Fsp3) is 0.520. The minimum Gasteiger partial charge on any atom is -0.453 e. The zero-order valence-electron chi connectivity index (χ0n) is 38.8. The van der Waals surface area contributed by atoms with Gasteiger partial charge in [0.1, 0.15) is 23.7 Å². The Morgan fingerprint density at radius 3 is 1.97 bits per heavy atom. The van der Waals surface area contributed by atoms with Gasteiger partial charge in [-0.3, -0.25) is 19.4 Å². The highest BCUT2D eigenvalue weighted by Crippen LogP contribution is 2.53. The zero-order chi connectivity index (χ0) is 46.4. The van der Waals surface area contributed by atoms with Crippen LogP contribution in [0.15, 0.2) is 52.5 Å². The number of likely N-dealkylation sites (tertiary alicyclic amines) is 2. The predicted octanol–water partition coefficient (Wildman–Crippen LogP) is 7.29. The Morgan fingerprint density at radius 1 is 0.773 bits per heavy atom. The number of nitrogens with zero attached hydrogens (tertiary/aromatic N) is 5. The molecule has 16 nitrogen and oxygen atoms in total. The van der Waals surface area contributed by atoms with Crippen LogP contribution in [0.5, 0.6) is 0 Å². The molecule has 1 spiro atoms. The van der Waals surface area contributed by atoms with Crippen LogP contribution in [0.1, 0.15) is 132 Å². The van der Waals surface area contributed by atoms with Gasteiger partial charge in [-0.05, 0) is 114 Å². The van der Waals surface area contributed by atoms with Gasteiger partial charge in [0, 0.05) is 25.7 Å². The SMILES string of the molecule is COC(=O)N[C@H](C(=O)N1CCCC1c1ncc(C2=NC=C(c3ccc(-c4ccc5nc([C@@H]6CCCN6C(=O)[C@@H](NC(=O)OC)C(C)C)[nH]c(=O)c5c4)c4c3CC3(CCCC3)C4)C2)[nH]1)C(C)C. The fourth-order valence-electron chi connectivity index (χ4n) is 11.2. The van der Waals surface area contributed by atoms with E-state index in [4.69, 9.17) is 24.4 Å². The number of imidazole rings is 1. The van der Waals surface area contributed by atoms with Crippen LogP contribution in [-0.4, -0.2) is 98.8 Å². The average molecular weight is 900 g/mol. The number of hydrogen-bond acceptors (Lipinski definition) is 10. The Hall–Kier alpha value is -6.32. The lowest BCUT2D eigenvalue weighted by Crippen LogP contribution is -2.51. The number of amides is 4. The molecule has 1 saturated carbocycles. The molecule has 4 atom stereocenters. The third kappa shape index (κ3) is 8.38. The molecule has 9 rings (SSSR count). The minimum absolute atomic E-state index is 0.122. The third-order valence-corrected chi connectivity index (χ3v) is 14.7. The Morgan fingerprint density at radius 2 is 1.36 bits per heavy atom. The molecule has 3 aliphatic heterocycles. The first-order chi connectivity index (χ1) is 31.8. The lowest BCUT2D eigenvalue weighted by molar-refractivity contribution is -0.136. The molecule has 5 heterocycles. The highest BCUT2D eigenvalue weighted by Gasteiger charge is 2.43. The number of methoxy groups -OCH3 is 2. The number of aliphatic imine (C=N–C) groups is 1. The number of fused-ring (bicyclic) bond motifs is 2. The second kappa shape index (κ2) is 18.2. The summed E-state index contributed by atoms with van der Waals surface area (Å²) in [5.41, 5.74) is 9.39. The molecule has 348 valence electrons. The first-order valence-electron chi connectivity index (χ1n) is 23.6. The molecule has 4 N–H and O–H groups in total. The number of allylic oxidation sites excluding steroid dienone is 1. The van der Waals surface area contributed by atoms with Gasteiger partial charge in [0.15, 0.2) is 0 Å². The van der Waals surface area contributed by atoms with Gasteiger partial charge in [0.2, 0.25) is 11.8 Å². The maximum atomic E-state index is 13.9. The summed E-state index contributed by atoms with van der Waals surface area (Å²) < 4.78 is 9.59. The second-order valence-corrected chi connectivity index (χ2v) is 19.5. The van der Waals surface area contributed by atoms with Crippen LogP contribution in [0.2, 0.25) is 0 Å². The van der Waals surface area contributed by atoms with E-state index in [1.165, 1.54) is 56.6 Å². The van der Waals surface area contributed by atoms with Crippen molar-refractivity contribution in [1.29, 1.82) is 0 Å². The van der Waals surface area contributed by atoms with Crippen molar-refractivity contribution in [1.82, 2.24) is 40.4 Å². The van der Waals surface area contributed by atoms with E-state index < -0.39 is 30.3 Å². The third-order valence-electron chi connectivity index (χ3n) is 14.7. The molecule has 2 saturated heterocycles. The summed E-state index contributed by atoms with van der Waals surface area (Å²) in [6, 6.07) is 8.21. The van der Waals surface area contributed by atoms with Gasteiger partial charge in [0.05, 0.1) is 54.8 Å². The fourth-order valence-corrected chi connectivity index (χ4v) is 11.2. The molecule has 4 amide bonds. The molecule has 4 aromatic rings. The van der Waals surface area contributed by atoms with Gasteiger partial charge in [-0.15, -0.1) is 0 Å². The topological polar surface area (TPSA) is 204 Å². The molecular formula is C50H61N9O7. The predicted molar refractivity (Wildman–Crippen MR) is 250 cm³/mol. The zero-order valence-corrected chi connectivity index (χ0v) is 38.8. The van der Waals surface area contributed by atoms with E-state index in [9.17, 15) is 24.0 Å². The maximum Gasteiger partial charge on any atom is 0.407 e. The van der Waals surface area contributed by atoms with Gasteiger partial charge >= 0.3 is 12.2 Å². The van der Waals surface area contributed by atoms with E-state index >= 15 is 0 Å². The highest BCUT2D eigenvalue weighted by molar-refractivity contribution is 6.08. The van der Waals surface area contributed by atoms with Crippen LogP contribution in [0, 0.1) is 17.3 Å². The van der Waals surface area contributed by atoms with Gasteiger partial charge in [-0.2, -0.15) is 0 Å². The number of H-pyrrole nitrogens is 2. The Kier molecular flexibility index (Phi) is 12.3. The van der Waals surface area contributed by atoms with Gasteiger partial charge in [0.25, 0.3) is 5.56 Å². The number of aromatic amines is 2. The molecule has 2 aromatic heterocycles. The summed E-state index contributed by atoms with van der Waals surface area (Å²) in [7, 11) is 2.57. The van der Waals surface area contributed by atoms with E-state index in [0.29, 0.717) is 48.5 Å². The minimum atomic E-state index is -0.773. The smallest absolute Gasteiger partial charge is 0.407 e. The van der Waals surface area contributed by atoms with E-state index in [1.54, 1.807) is 4.90 Å². The standard InChI is InChI=1S/C50H61N9O7/c1-27(2)41(55-48(63)65-5)46(61)58-19-9-11-39(58)43-52-26-38(54-43)37-22-30(25-51-37)32-15-14-31(34-23-50(24-35(32)34)17-7-8-18-50)29-13-16-36-33(21-29)45(60)57-44(53-36)40-12-10-20-59(40)47(62)42(28(3)4)56-49(64)66-6/h13-16,21,25-28,39-42H,7-12,17-20,22-24H2,1-6H3,(H,52,54)(H,55,63)(H,56,64)(H,53,57,60)/t39?,40-,41-,42-/m0/s1. The summed E-state index contributed by atoms with van der Waals surface area (Å²) in [5, 5.41) is 5.89. The lowest BCUT2D eigenvalue weighted by Gasteiger charge is -2.30. The van der Waals surface area contributed by atoms with Crippen molar-refractivity contribution in [2.45, 2.75) is 122 Å². The Balaban J connectivity index is 0.953. The molecule has 5 aliphatic rings. The van der Waals surface area contributed by atoms with Gasteiger partial charge < -0.3 is 39.9 Å². The number of nitrogens with one attached hydrogen (secondary N) is 4. The van der Waals surface area contributed by atoms with E-state index in [-0.39, 0.29) is 40.7 Å². The van der Waals surface area contributed by atoms with Crippen LogP contribution in [-0.2, 0) is 31.9 Å². The number of carbonyl (C=O) groups is 4. The molecule has 2 aliphatic carbocycles. The maximum absolute atomic E-state index is 13.9. The number of alkyl carbamates (subject to hydrolysis) is 2. The van der Waals surface area contributed by atoms with Crippen molar-refractivity contribution in [2.24, 2.45) is 22.2 Å². The summed E-state index contributed by atoms with van der Waals surface area (Å²) >= 11 is 0. The summed E-state index contributed by atoms with van der Waals surface area (Å²) in [4.78, 5) is 90.4. The van der Waals surface area contributed by atoms with Crippen molar-refractivity contribution < 1.29 is 28.7 Å². The average Bonchev–Trinajstić information content (AvgIpc) is 4.17. The number of benzene rings is 2. The monoisotopic (exact) mass is 899 g/mol. The van der Waals surface area contributed by atoms with Crippen molar-refractivity contribution in [2.75, 3.05) is 27.3 Å². The number of rotatable bonds is 11. The molecular weight excluding hydrogens is 839 g/mol. The van der Waals surface area contributed by atoms with Crippen LogP contribution in [0.25, 0.3) is 27.6 Å². The molecule has 3 fully saturated rings. The molecule has 2 aromatic carbocycles. The van der Waals surface area contributed by atoms with E-state index in [2.05, 4.69) is 38.8 Å². The summed E-state index contributed by atoms with van der Waals surface area (Å²) in [6.07, 6.45) is 13.0. The van der Waals surface area contributed by atoms with Gasteiger partial charge in [-0.25, -0.2) is 19.6 Å². The number of aromatic nitrogens is 4. The van der Waals surface area contributed by atoms with Crippen LogP contribution >= 0.6 is 0 Å². The second-order valence-electron chi connectivity index (χ2n) is 19.5. The summed E-state index contributed by atoms with van der Waals surface area (Å²) in [6.45, 7) is 8.63. The normalized spacial score (nSPS) is 20.8. The molecule has 0 bridgehead atoms. The van der Waals surface area contributed by atoms with Crippen LogP contribution in [0.4, 0.5) is 9.59 Å². The Labute approximate surface area is 384 Å². The largest absolute Gasteiger partial charge is 0.453 e. The number of hydrogen-bond donors (Lipinski definition) is 4.